The van der Waals surface area contributed by atoms with Crippen LogP contribution in [0.5, 0.6) is 0 Å². The van der Waals surface area contributed by atoms with E-state index < -0.39 is 9.85 Å². The molecule has 1 aromatic carbocycles. The summed E-state index contributed by atoms with van der Waals surface area (Å²) in [4.78, 5) is 20.3. The van der Waals surface area contributed by atoms with E-state index in [0.717, 1.165) is 9.64 Å². The number of halogens is 2. The molecule has 0 aliphatic carbocycles. The van der Waals surface area contributed by atoms with Crippen LogP contribution in [0.25, 0.3) is 0 Å². The lowest BCUT2D eigenvalue weighted by Gasteiger charge is -2.06. The summed E-state index contributed by atoms with van der Waals surface area (Å²) in [5, 5.41) is 24.8. The predicted octanol–water partition coefficient (Wildman–Crippen LogP) is 4.57. The lowest BCUT2D eigenvalue weighted by Crippen LogP contribution is -1.94. The lowest BCUT2D eigenvalue weighted by atomic mass is 10.3. The summed E-state index contributed by atoms with van der Waals surface area (Å²) in [5.74, 6) is 0. The van der Waals surface area contributed by atoms with E-state index in [1.165, 1.54) is 0 Å². The van der Waals surface area contributed by atoms with Gasteiger partial charge in [-0.15, -0.1) is 0 Å². The molecule has 2 aromatic rings. The molecular weight excluding hydrogens is 421 g/mol. The summed E-state index contributed by atoms with van der Waals surface area (Å²) < 4.78 is 0.750. The molecule has 0 bridgehead atoms. The Morgan fingerprint density at radius 3 is 2.45 bits per heavy atom. The van der Waals surface area contributed by atoms with Gasteiger partial charge < -0.3 is 5.32 Å². The zero-order chi connectivity index (χ0) is 14.9. The highest BCUT2D eigenvalue weighted by molar-refractivity contribution is 14.1. The van der Waals surface area contributed by atoms with Crippen LogP contribution in [0.1, 0.15) is 0 Å². The highest BCUT2D eigenvalue weighted by Crippen LogP contribution is 2.41. The van der Waals surface area contributed by atoms with Gasteiger partial charge in [0, 0.05) is 8.59 Å². The summed E-state index contributed by atoms with van der Waals surface area (Å²) in [6.07, 6.45) is 0. The van der Waals surface area contributed by atoms with Gasteiger partial charge in [0.1, 0.15) is 6.07 Å². The van der Waals surface area contributed by atoms with Crippen molar-refractivity contribution in [3.8, 4) is 0 Å². The van der Waals surface area contributed by atoms with E-state index in [2.05, 4.69) is 5.32 Å². The van der Waals surface area contributed by atoms with Crippen molar-refractivity contribution in [3.05, 3.63) is 53.1 Å². The van der Waals surface area contributed by atoms with Crippen LogP contribution in [-0.4, -0.2) is 9.85 Å². The van der Waals surface area contributed by atoms with Crippen LogP contribution in [0, 0.1) is 23.8 Å². The van der Waals surface area contributed by atoms with Crippen LogP contribution >= 0.6 is 45.5 Å². The standard InChI is InChI=1S/C10H5ClIN3O4S/c11-5-1-2-7(6(12)3-5)13-10-8(14(16)17)4-9(20-10)15(18)19/h1-4,13H. The fourth-order valence-electron chi connectivity index (χ4n) is 1.40. The van der Waals surface area contributed by atoms with Gasteiger partial charge in [-0.2, -0.15) is 0 Å². The fraction of sp³-hybridized carbons (Fsp3) is 0. The highest BCUT2D eigenvalue weighted by Gasteiger charge is 2.25. The first-order chi connectivity index (χ1) is 9.38. The molecule has 0 radical (unpaired) electrons. The van der Waals surface area contributed by atoms with Crippen LogP contribution in [0.3, 0.4) is 0 Å². The number of nitrogens with one attached hydrogen (secondary N) is 1. The maximum absolute atomic E-state index is 10.9. The third kappa shape index (κ3) is 3.16. The molecule has 0 aliphatic heterocycles. The van der Waals surface area contributed by atoms with Crippen molar-refractivity contribution >= 4 is 66.9 Å². The molecule has 1 heterocycles. The van der Waals surface area contributed by atoms with Gasteiger partial charge in [-0.05, 0) is 52.1 Å². The van der Waals surface area contributed by atoms with Crippen molar-refractivity contribution in [3.63, 3.8) is 0 Å². The molecular formula is C10H5ClIN3O4S. The molecule has 0 atom stereocenters. The van der Waals surface area contributed by atoms with E-state index in [1.54, 1.807) is 18.2 Å². The highest BCUT2D eigenvalue weighted by atomic mass is 127. The summed E-state index contributed by atoms with van der Waals surface area (Å²) in [6, 6.07) is 5.90. The normalized spacial score (nSPS) is 10.3. The largest absolute Gasteiger partial charge is 0.340 e. The summed E-state index contributed by atoms with van der Waals surface area (Å²) >= 11 is 8.55. The average molecular weight is 426 g/mol. The molecule has 10 heteroatoms. The first-order valence-electron chi connectivity index (χ1n) is 5.03. The van der Waals surface area contributed by atoms with Crippen LogP contribution < -0.4 is 5.32 Å². The van der Waals surface area contributed by atoms with Crippen LogP contribution in [0.15, 0.2) is 24.3 Å². The van der Waals surface area contributed by atoms with Gasteiger partial charge in [-0.3, -0.25) is 20.2 Å². The van der Waals surface area contributed by atoms with Gasteiger partial charge in [0.15, 0.2) is 5.00 Å². The molecule has 0 saturated heterocycles. The molecule has 2 rings (SSSR count). The second-order valence-electron chi connectivity index (χ2n) is 3.56. The monoisotopic (exact) mass is 425 g/mol. The Morgan fingerprint density at radius 2 is 1.90 bits per heavy atom. The number of nitrogens with zero attached hydrogens (tertiary/aromatic N) is 2. The number of nitro groups is 2. The smallest absolute Gasteiger partial charge is 0.333 e. The SMILES string of the molecule is O=[N+]([O-])c1cc([N+](=O)[O-])c(Nc2ccc(Cl)cc2I)s1. The Labute approximate surface area is 135 Å². The van der Waals surface area contributed by atoms with Gasteiger partial charge in [-0.25, -0.2) is 0 Å². The molecule has 1 N–H and O–H groups in total. The Kier molecular flexibility index (Phi) is 4.40. The number of anilines is 2. The number of thiophene rings is 1. The second-order valence-corrected chi connectivity index (χ2v) is 6.19. The minimum absolute atomic E-state index is 0.113. The molecule has 20 heavy (non-hydrogen) atoms. The average Bonchev–Trinajstić information content (AvgIpc) is 2.77. The number of hydrogen-bond acceptors (Lipinski definition) is 6. The Morgan fingerprint density at radius 1 is 1.20 bits per heavy atom. The molecule has 0 amide bonds. The molecule has 104 valence electrons. The molecule has 1 aromatic heterocycles. The molecule has 0 unspecified atom stereocenters. The summed E-state index contributed by atoms with van der Waals surface area (Å²) in [7, 11) is 0. The van der Waals surface area contributed by atoms with E-state index in [4.69, 9.17) is 11.6 Å². The van der Waals surface area contributed by atoms with Crippen LogP contribution in [0.2, 0.25) is 5.02 Å². The first-order valence-corrected chi connectivity index (χ1v) is 7.30. The minimum atomic E-state index is -0.658. The molecule has 0 aliphatic rings. The van der Waals surface area contributed by atoms with Gasteiger partial charge >= 0.3 is 10.7 Å². The van der Waals surface area contributed by atoms with Crippen molar-refractivity contribution in [2.24, 2.45) is 0 Å². The quantitative estimate of drug-likeness (QED) is 0.440. The van der Waals surface area contributed by atoms with Gasteiger partial charge in [0.25, 0.3) is 0 Å². The molecule has 0 fully saturated rings. The Bertz CT molecular complexity index is 706. The van der Waals surface area contributed by atoms with E-state index in [9.17, 15) is 20.2 Å². The van der Waals surface area contributed by atoms with Crippen molar-refractivity contribution < 1.29 is 9.85 Å². The first kappa shape index (κ1) is 14.9. The zero-order valence-electron chi connectivity index (χ0n) is 9.50. The van der Waals surface area contributed by atoms with Crippen molar-refractivity contribution in [2.75, 3.05) is 5.32 Å². The van der Waals surface area contributed by atoms with Gasteiger partial charge in [-0.1, -0.05) is 11.6 Å². The molecule has 0 spiro atoms. The topological polar surface area (TPSA) is 98.3 Å². The molecule has 7 nitrogen and oxygen atoms in total. The maximum Gasteiger partial charge on any atom is 0.333 e. The second kappa shape index (κ2) is 5.89. The van der Waals surface area contributed by atoms with E-state index in [0.29, 0.717) is 22.0 Å². The maximum atomic E-state index is 10.9. The summed E-state index contributed by atoms with van der Waals surface area (Å²) in [6.45, 7) is 0. The minimum Gasteiger partial charge on any atom is -0.340 e. The number of hydrogen-bond donors (Lipinski definition) is 1. The predicted molar refractivity (Wildman–Crippen MR) is 85.1 cm³/mol. The van der Waals surface area contributed by atoms with Crippen molar-refractivity contribution in [1.82, 2.24) is 0 Å². The molecule has 0 saturated carbocycles. The van der Waals surface area contributed by atoms with Crippen molar-refractivity contribution in [2.45, 2.75) is 0 Å². The van der Waals surface area contributed by atoms with Crippen molar-refractivity contribution in [1.29, 1.82) is 0 Å². The number of rotatable bonds is 4. The Balaban J connectivity index is 2.42. The third-order valence-electron chi connectivity index (χ3n) is 2.26. The van der Waals surface area contributed by atoms with Gasteiger partial charge in [0.2, 0.25) is 0 Å². The van der Waals surface area contributed by atoms with Crippen LogP contribution in [-0.2, 0) is 0 Å². The van der Waals surface area contributed by atoms with E-state index >= 15 is 0 Å². The van der Waals surface area contributed by atoms with E-state index in [-0.39, 0.29) is 15.7 Å². The fourth-order valence-corrected chi connectivity index (χ4v) is 3.26. The lowest BCUT2D eigenvalue weighted by molar-refractivity contribution is -0.389. The summed E-state index contributed by atoms with van der Waals surface area (Å²) in [5.41, 5.74) is 0.266. The third-order valence-corrected chi connectivity index (χ3v) is 4.37. The van der Waals surface area contributed by atoms with Crippen LogP contribution in [0.4, 0.5) is 21.4 Å². The number of benzene rings is 1. The Hall–Kier alpha value is -1.46. The van der Waals surface area contributed by atoms with Gasteiger partial charge in [0.05, 0.1) is 15.5 Å². The van der Waals surface area contributed by atoms with E-state index in [1.807, 2.05) is 22.6 Å². The zero-order valence-corrected chi connectivity index (χ0v) is 13.2.